The number of rotatable bonds is 3. The Balaban J connectivity index is 1.70. The van der Waals surface area contributed by atoms with Gasteiger partial charge in [-0.3, -0.25) is 5.10 Å². The molecule has 2 aliphatic heterocycles. The van der Waals surface area contributed by atoms with Crippen LogP contribution in [0.1, 0.15) is 37.6 Å². The SMILES string of the molecule is CS(=O)(=O)N1CCOC(c2nc(N3CCCCCC3)n[nH]2)C1. The van der Waals surface area contributed by atoms with E-state index in [0.717, 1.165) is 25.9 Å². The first-order chi connectivity index (χ1) is 10.5. The fourth-order valence-electron chi connectivity index (χ4n) is 2.91. The predicted octanol–water partition coefficient (Wildman–Crippen LogP) is 0.518. The second-order valence-corrected chi connectivity index (χ2v) is 7.88. The molecule has 0 aromatic carbocycles. The highest BCUT2D eigenvalue weighted by molar-refractivity contribution is 7.88. The highest BCUT2D eigenvalue weighted by atomic mass is 32.2. The molecular formula is C13H23N5O3S. The van der Waals surface area contributed by atoms with Gasteiger partial charge < -0.3 is 9.64 Å². The van der Waals surface area contributed by atoms with E-state index in [1.54, 1.807) is 0 Å². The molecular weight excluding hydrogens is 306 g/mol. The molecule has 3 heterocycles. The third kappa shape index (κ3) is 3.58. The third-order valence-corrected chi connectivity index (χ3v) is 5.45. The molecule has 0 saturated carbocycles. The lowest BCUT2D eigenvalue weighted by Gasteiger charge is -2.29. The van der Waals surface area contributed by atoms with Crippen molar-refractivity contribution < 1.29 is 13.2 Å². The first-order valence-corrected chi connectivity index (χ1v) is 9.63. The Morgan fingerprint density at radius 2 is 1.91 bits per heavy atom. The molecule has 1 N–H and O–H groups in total. The molecule has 0 spiro atoms. The second kappa shape index (κ2) is 6.51. The maximum Gasteiger partial charge on any atom is 0.244 e. The molecule has 8 nitrogen and oxygen atoms in total. The zero-order valence-corrected chi connectivity index (χ0v) is 13.7. The largest absolute Gasteiger partial charge is 0.367 e. The van der Waals surface area contributed by atoms with Crippen molar-refractivity contribution in [1.82, 2.24) is 19.5 Å². The zero-order valence-electron chi connectivity index (χ0n) is 12.9. The molecule has 9 heteroatoms. The van der Waals surface area contributed by atoms with Crippen LogP contribution < -0.4 is 4.90 Å². The topological polar surface area (TPSA) is 91.4 Å². The summed E-state index contributed by atoms with van der Waals surface area (Å²) in [6.07, 6.45) is 5.67. The van der Waals surface area contributed by atoms with Crippen molar-refractivity contribution in [2.24, 2.45) is 0 Å². The van der Waals surface area contributed by atoms with Crippen molar-refractivity contribution >= 4 is 16.0 Å². The average molecular weight is 329 g/mol. The summed E-state index contributed by atoms with van der Waals surface area (Å²) in [7, 11) is -3.20. The van der Waals surface area contributed by atoms with Crippen LogP contribution in [0, 0.1) is 0 Å². The van der Waals surface area contributed by atoms with Crippen molar-refractivity contribution in [3.8, 4) is 0 Å². The van der Waals surface area contributed by atoms with Gasteiger partial charge in [-0.2, -0.15) is 9.29 Å². The molecule has 1 unspecified atom stereocenters. The number of aromatic nitrogens is 3. The highest BCUT2D eigenvalue weighted by Gasteiger charge is 2.30. The van der Waals surface area contributed by atoms with Gasteiger partial charge in [0.15, 0.2) is 5.82 Å². The minimum Gasteiger partial charge on any atom is -0.367 e. The zero-order chi connectivity index (χ0) is 15.6. The number of aromatic amines is 1. The number of nitrogens with one attached hydrogen (secondary N) is 1. The number of morpholine rings is 1. The van der Waals surface area contributed by atoms with Crippen molar-refractivity contribution in [3.63, 3.8) is 0 Å². The summed E-state index contributed by atoms with van der Waals surface area (Å²) in [5.74, 6) is 1.30. The molecule has 0 amide bonds. The van der Waals surface area contributed by atoms with Gasteiger partial charge in [0, 0.05) is 26.2 Å². The Kier molecular flexibility index (Phi) is 4.65. The van der Waals surface area contributed by atoms with Crippen LogP contribution in [0.2, 0.25) is 0 Å². The molecule has 124 valence electrons. The van der Waals surface area contributed by atoms with E-state index in [9.17, 15) is 8.42 Å². The Morgan fingerprint density at radius 1 is 1.18 bits per heavy atom. The van der Waals surface area contributed by atoms with Gasteiger partial charge in [0.25, 0.3) is 0 Å². The van der Waals surface area contributed by atoms with Crippen LogP contribution in [0.15, 0.2) is 0 Å². The van der Waals surface area contributed by atoms with Gasteiger partial charge in [0.2, 0.25) is 16.0 Å². The van der Waals surface area contributed by atoms with E-state index < -0.39 is 10.0 Å². The first-order valence-electron chi connectivity index (χ1n) is 7.78. The lowest BCUT2D eigenvalue weighted by Crippen LogP contribution is -2.41. The van der Waals surface area contributed by atoms with Gasteiger partial charge >= 0.3 is 0 Å². The third-order valence-electron chi connectivity index (χ3n) is 4.18. The number of hydrogen-bond donors (Lipinski definition) is 1. The molecule has 2 aliphatic rings. The maximum absolute atomic E-state index is 11.7. The predicted molar refractivity (Wildman–Crippen MR) is 82.2 cm³/mol. The Bertz CT molecular complexity index is 595. The van der Waals surface area contributed by atoms with E-state index in [1.807, 2.05) is 0 Å². The summed E-state index contributed by atoms with van der Waals surface area (Å²) in [4.78, 5) is 6.71. The van der Waals surface area contributed by atoms with Gasteiger partial charge in [-0.1, -0.05) is 12.8 Å². The van der Waals surface area contributed by atoms with E-state index in [1.165, 1.54) is 23.4 Å². The van der Waals surface area contributed by atoms with Crippen molar-refractivity contribution in [2.75, 3.05) is 43.9 Å². The van der Waals surface area contributed by atoms with E-state index >= 15 is 0 Å². The number of nitrogens with zero attached hydrogens (tertiary/aromatic N) is 4. The molecule has 1 aromatic heterocycles. The quantitative estimate of drug-likeness (QED) is 0.869. The minimum atomic E-state index is -3.20. The monoisotopic (exact) mass is 329 g/mol. The van der Waals surface area contributed by atoms with E-state index in [-0.39, 0.29) is 12.6 Å². The van der Waals surface area contributed by atoms with Crippen molar-refractivity contribution in [1.29, 1.82) is 0 Å². The average Bonchev–Trinajstić information content (AvgIpc) is 2.82. The summed E-state index contributed by atoms with van der Waals surface area (Å²) in [5, 5.41) is 7.20. The van der Waals surface area contributed by atoms with Gasteiger partial charge in [0.1, 0.15) is 6.10 Å². The molecule has 0 radical (unpaired) electrons. The van der Waals surface area contributed by atoms with Crippen LogP contribution in [0.4, 0.5) is 5.95 Å². The minimum absolute atomic E-state index is 0.285. The van der Waals surface area contributed by atoms with Crippen LogP contribution in [0.5, 0.6) is 0 Å². The summed E-state index contributed by atoms with van der Waals surface area (Å²) in [5.41, 5.74) is 0. The van der Waals surface area contributed by atoms with Crippen molar-refractivity contribution in [2.45, 2.75) is 31.8 Å². The summed E-state index contributed by atoms with van der Waals surface area (Å²) in [6, 6.07) is 0. The van der Waals surface area contributed by atoms with Crippen LogP contribution >= 0.6 is 0 Å². The summed E-state index contributed by atoms with van der Waals surface area (Å²) >= 11 is 0. The highest BCUT2D eigenvalue weighted by Crippen LogP contribution is 2.23. The Hall–Kier alpha value is -1.19. The van der Waals surface area contributed by atoms with Crippen LogP contribution in [-0.4, -0.2) is 66.9 Å². The normalized spacial score (nSPS) is 25.1. The van der Waals surface area contributed by atoms with Gasteiger partial charge in [-0.25, -0.2) is 8.42 Å². The molecule has 22 heavy (non-hydrogen) atoms. The van der Waals surface area contributed by atoms with Crippen molar-refractivity contribution in [3.05, 3.63) is 5.82 Å². The molecule has 1 atom stereocenters. The standard InChI is InChI=1S/C13H23N5O3S/c1-22(19,20)18-8-9-21-11(10-18)12-14-13(16-15-12)17-6-4-2-3-5-7-17/h11H,2-10H2,1H3,(H,14,15,16). The maximum atomic E-state index is 11.7. The number of hydrogen-bond acceptors (Lipinski definition) is 6. The van der Waals surface area contributed by atoms with E-state index in [2.05, 4.69) is 20.1 Å². The molecule has 2 saturated heterocycles. The van der Waals surface area contributed by atoms with Gasteiger partial charge in [-0.05, 0) is 12.8 Å². The number of ether oxygens (including phenoxy) is 1. The molecule has 2 fully saturated rings. The molecule has 3 rings (SSSR count). The Labute approximate surface area is 130 Å². The lowest BCUT2D eigenvalue weighted by molar-refractivity contribution is -0.00710. The smallest absolute Gasteiger partial charge is 0.244 e. The van der Waals surface area contributed by atoms with E-state index in [0.29, 0.717) is 24.9 Å². The van der Waals surface area contributed by atoms with Gasteiger partial charge in [-0.15, -0.1) is 5.10 Å². The fourth-order valence-corrected chi connectivity index (χ4v) is 3.73. The Morgan fingerprint density at radius 3 is 2.59 bits per heavy atom. The first kappa shape index (κ1) is 15.7. The second-order valence-electron chi connectivity index (χ2n) is 5.90. The molecule has 0 aliphatic carbocycles. The number of H-pyrrole nitrogens is 1. The lowest BCUT2D eigenvalue weighted by atomic mass is 10.2. The van der Waals surface area contributed by atoms with Crippen LogP contribution in [-0.2, 0) is 14.8 Å². The number of anilines is 1. The molecule has 0 bridgehead atoms. The fraction of sp³-hybridized carbons (Fsp3) is 0.846. The van der Waals surface area contributed by atoms with Gasteiger partial charge in [0.05, 0.1) is 12.9 Å². The van der Waals surface area contributed by atoms with Crippen LogP contribution in [0.25, 0.3) is 0 Å². The summed E-state index contributed by atoms with van der Waals surface area (Å²) in [6.45, 7) is 2.99. The van der Waals surface area contributed by atoms with E-state index in [4.69, 9.17) is 4.74 Å². The molecule has 1 aromatic rings. The summed E-state index contributed by atoms with van der Waals surface area (Å²) < 4.78 is 30.4. The number of sulfonamides is 1. The van der Waals surface area contributed by atoms with Crippen LogP contribution in [0.3, 0.4) is 0 Å².